The molecule has 2 aromatic carbocycles. The quantitative estimate of drug-likeness (QED) is 0.328. The van der Waals surface area contributed by atoms with E-state index in [0.29, 0.717) is 49.6 Å². The number of ether oxygens (including phenoxy) is 1. The number of amides is 2. The largest absolute Gasteiger partial charge is 0.494 e. The fourth-order valence-electron chi connectivity index (χ4n) is 4.22. The molecule has 0 spiro atoms. The highest BCUT2D eigenvalue weighted by molar-refractivity contribution is 5.90. The van der Waals surface area contributed by atoms with Gasteiger partial charge in [0.15, 0.2) is 5.65 Å². The van der Waals surface area contributed by atoms with Crippen LogP contribution in [0.1, 0.15) is 12.0 Å². The summed E-state index contributed by atoms with van der Waals surface area (Å²) in [6.07, 6.45) is 0.677. The summed E-state index contributed by atoms with van der Waals surface area (Å²) >= 11 is 0. The Hall–Kier alpha value is -3.63. The van der Waals surface area contributed by atoms with Crippen LogP contribution in [0.2, 0.25) is 0 Å². The lowest BCUT2D eigenvalue weighted by Crippen LogP contribution is -2.51. The molecule has 3 heterocycles. The van der Waals surface area contributed by atoms with Crippen LogP contribution in [-0.4, -0.2) is 70.1 Å². The zero-order valence-electron chi connectivity index (χ0n) is 19.6. The van der Waals surface area contributed by atoms with Crippen molar-refractivity contribution in [3.63, 3.8) is 0 Å². The van der Waals surface area contributed by atoms with Crippen LogP contribution in [0.15, 0.2) is 53.3 Å². The average Bonchev–Trinajstić information content (AvgIpc) is 3.22. The summed E-state index contributed by atoms with van der Waals surface area (Å²) in [5, 5.41) is 3.83. The number of carbonyl (C=O) groups is 1. The highest BCUT2D eigenvalue weighted by Crippen LogP contribution is 2.22. The molecule has 0 unspecified atom stereocenters. The molecule has 2 amide bonds. The smallest absolute Gasteiger partial charge is 0.325 e. The number of nitrogens with zero attached hydrogens (tertiary/aromatic N) is 3. The Morgan fingerprint density at radius 1 is 1.06 bits per heavy atom. The predicted octanol–water partition coefficient (Wildman–Crippen LogP) is 3.26. The van der Waals surface area contributed by atoms with Crippen molar-refractivity contribution < 1.29 is 13.9 Å². The van der Waals surface area contributed by atoms with Gasteiger partial charge in [-0.2, -0.15) is 0 Å². The summed E-state index contributed by atoms with van der Waals surface area (Å²) < 4.78 is 18.9. The number of aromatic nitrogens is 3. The summed E-state index contributed by atoms with van der Waals surface area (Å²) in [5.74, 6) is 0.479. The maximum atomic E-state index is 13.1. The molecule has 0 atom stereocenters. The van der Waals surface area contributed by atoms with Gasteiger partial charge in [0.1, 0.15) is 11.6 Å². The van der Waals surface area contributed by atoms with Crippen LogP contribution in [0.3, 0.4) is 0 Å². The third kappa shape index (κ3) is 6.13. The molecule has 0 radical (unpaired) electrons. The number of H-pyrrole nitrogens is 2. The Morgan fingerprint density at radius 2 is 1.83 bits per heavy atom. The minimum absolute atomic E-state index is 0. The summed E-state index contributed by atoms with van der Waals surface area (Å²) in [6, 6.07) is 13.9. The van der Waals surface area contributed by atoms with Gasteiger partial charge < -0.3 is 19.9 Å². The minimum atomic E-state index is -0.284. The highest BCUT2D eigenvalue weighted by Gasteiger charge is 2.20. The number of aromatic amines is 2. The lowest BCUT2D eigenvalue weighted by molar-refractivity contribution is 0.135. The molecule has 11 heteroatoms. The number of piperazine rings is 1. The van der Waals surface area contributed by atoms with Crippen LogP contribution < -0.4 is 15.7 Å². The van der Waals surface area contributed by atoms with Crippen molar-refractivity contribution in [3.8, 4) is 5.75 Å². The Morgan fingerprint density at radius 3 is 2.61 bits per heavy atom. The first kappa shape index (κ1) is 25.5. The molecule has 0 bridgehead atoms. The van der Waals surface area contributed by atoms with Crippen LogP contribution in [0.4, 0.5) is 9.18 Å². The van der Waals surface area contributed by atoms with Gasteiger partial charge in [-0.15, -0.1) is 12.4 Å². The highest BCUT2D eigenvalue weighted by atomic mass is 35.5. The first-order valence-corrected chi connectivity index (χ1v) is 11.7. The van der Waals surface area contributed by atoms with Crippen molar-refractivity contribution in [2.24, 2.45) is 0 Å². The topological polar surface area (TPSA) is 106 Å². The number of carbonyl (C=O) groups excluding carboxylic acids is 1. The number of benzene rings is 2. The van der Waals surface area contributed by atoms with Crippen molar-refractivity contribution in [1.82, 2.24) is 30.1 Å². The SMILES string of the molecule is Cl.O=C(NCCCOc1ccc2nc3[nH]c(=O)[nH]c3cc2c1)N1CCN(Cc2ccc(F)cc2)CC1. The van der Waals surface area contributed by atoms with Gasteiger partial charge in [0, 0.05) is 44.7 Å². The monoisotopic (exact) mass is 514 g/mol. The lowest BCUT2D eigenvalue weighted by atomic mass is 10.2. The molecule has 1 fully saturated rings. The van der Waals surface area contributed by atoms with Crippen LogP contribution in [0, 0.1) is 5.82 Å². The first-order valence-electron chi connectivity index (χ1n) is 11.7. The molecule has 2 aromatic heterocycles. The van der Waals surface area contributed by atoms with Crippen LogP contribution in [0.25, 0.3) is 22.1 Å². The van der Waals surface area contributed by atoms with Crippen molar-refractivity contribution >= 4 is 40.5 Å². The molecule has 0 aliphatic carbocycles. The summed E-state index contributed by atoms with van der Waals surface area (Å²) in [6.45, 7) is 4.64. The van der Waals surface area contributed by atoms with E-state index in [1.807, 2.05) is 29.2 Å². The van der Waals surface area contributed by atoms with E-state index in [1.165, 1.54) is 12.1 Å². The second kappa shape index (κ2) is 11.4. The number of fused-ring (bicyclic) bond motifs is 2. The van der Waals surface area contributed by atoms with E-state index in [-0.39, 0.29) is 29.9 Å². The Labute approximate surface area is 213 Å². The third-order valence-electron chi connectivity index (χ3n) is 6.11. The van der Waals surface area contributed by atoms with Crippen LogP contribution >= 0.6 is 12.4 Å². The minimum Gasteiger partial charge on any atom is -0.494 e. The molecule has 1 saturated heterocycles. The maximum Gasteiger partial charge on any atom is 0.325 e. The van der Waals surface area contributed by atoms with Gasteiger partial charge in [0.25, 0.3) is 0 Å². The van der Waals surface area contributed by atoms with Gasteiger partial charge in [0.2, 0.25) is 0 Å². The van der Waals surface area contributed by atoms with Gasteiger partial charge in [-0.3, -0.25) is 9.88 Å². The van der Waals surface area contributed by atoms with Gasteiger partial charge in [0.05, 0.1) is 17.6 Å². The van der Waals surface area contributed by atoms with E-state index in [2.05, 4.69) is 25.2 Å². The third-order valence-corrected chi connectivity index (χ3v) is 6.11. The predicted molar refractivity (Wildman–Crippen MR) is 138 cm³/mol. The molecule has 0 saturated carbocycles. The molecular formula is C25H28ClFN6O3. The lowest BCUT2D eigenvalue weighted by Gasteiger charge is -2.34. The zero-order chi connectivity index (χ0) is 24.2. The van der Waals surface area contributed by atoms with Gasteiger partial charge in [-0.25, -0.2) is 19.0 Å². The van der Waals surface area contributed by atoms with Crippen LogP contribution in [0.5, 0.6) is 5.75 Å². The summed E-state index contributed by atoms with van der Waals surface area (Å²) in [4.78, 5) is 37.8. The van der Waals surface area contributed by atoms with Gasteiger partial charge in [-0.05, 0) is 48.4 Å². The number of nitrogens with one attached hydrogen (secondary N) is 3. The Balaban J connectivity index is 0.00000304. The van der Waals surface area contributed by atoms with Crippen molar-refractivity contribution in [3.05, 3.63) is 70.4 Å². The molecule has 4 aromatic rings. The number of hydrogen-bond donors (Lipinski definition) is 3. The second-order valence-electron chi connectivity index (χ2n) is 8.64. The van der Waals surface area contributed by atoms with E-state index in [0.717, 1.165) is 36.1 Å². The second-order valence-corrected chi connectivity index (χ2v) is 8.64. The maximum absolute atomic E-state index is 13.1. The van der Waals surface area contributed by atoms with Gasteiger partial charge in [-0.1, -0.05) is 12.1 Å². The molecule has 1 aliphatic rings. The number of halogens is 2. The first-order chi connectivity index (χ1) is 17.0. The van der Waals surface area contributed by atoms with E-state index >= 15 is 0 Å². The molecule has 1 aliphatic heterocycles. The Bertz CT molecular complexity index is 1380. The van der Waals surface area contributed by atoms with E-state index in [4.69, 9.17) is 4.74 Å². The molecule has 9 nitrogen and oxygen atoms in total. The summed E-state index contributed by atoms with van der Waals surface area (Å²) in [5.41, 5.74) is 2.73. The van der Waals surface area contributed by atoms with Gasteiger partial charge >= 0.3 is 11.7 Å². The average molecular weight is 515 g/mol. The van der Waals surface area contributed by atoms with E-state index < -0.39 is 0 Å². The van der Waals surface area contributed by atoms with Crippen LogP contribution in [-0.2, 0) is 6.54 Å². The number of imidazole rings is 1. The molecular weight excluding hydrogens is 487 g/mol. The fraction of sp³-hybridized carbons (Fsp3) is 0.320. The standard InChI is InChI=1S/C25H27FN6O3.ClH/c26-19-4-2-17(3-5-19)16-31-9-11-32(12-10-31)25(34)27-8-1-13-35-20-6-7-21-18(14-20)15-22-23(28-21)30-24(33)29-22;/h2-7,14-15H,1,8-13,16H2,(H,27,34)(H2,28,29,30,33);1H. The molecule has 5 rings (SSSR count). The van der Waals surface area contributed by atoms with Crippen molar-refractivity contribution in [2.75, 3.05) is 39.3 Å². The van der Waals surface area contributed by atoms with E-state index in [9.17, 15) is 14.0 Å². The number of urea groups is 1. The van der Waals surface area contributed by atoms with Crippen molar-refractivity contribution in [1.29, 1.82) is 0 Å². The summed E-state index contributed by atoms with van der Waals surface area (Å²) in [7, 11) is 0. The van der Waals surface area contributed by atoms with Crippen molar-refractivity contribution in [2.45, 2.75) is 13.0 Å². The molecule has 3 N–H and O–H groups in total. The zero-order valence-corrected chi connectivity index (χ0v) is 20.4. The number of rotatable bonds is 7. The number of hydrogen-bond acceptors (Lipinski definition) is 5. The number of pyridine rings is 1. The normalized spacial score (nSPS) is 14.1. The Kier molecular flexibility index (Phi) is 8.07. The fourth-order valence-corrected chi connectivity index (χ4v) is 4.22. The molecule has 36 heavy (non-hydrogen) atoms. The van der Waals surface area contributed by atoms with E-state index in [1.54, 1.807) is 12.1 Å². The molecule has 190 valence electrons.